The molecule has 2 rings (SSSR count). The van der Waals surface area contributed by atoms with Crippen LogP contribution >= 0.6 is 0 Å². The fourth-order valence-electron chi connectivity index (χ4n) is 3.57. The molecule has 0 bridgehead atoms. The second-order valence-corrected chi connectivity index (χ2v) is 6.75. The number of piperidine rings is 1. The molecular weight excluding hydrogens is 326 g/mol. The molecule has 0 aromatic rings. The molecule has 2 aliphatic rings. The van der Waals surface area contributed by atoms with Gasteiger partial charge in [0.1, 0.15) is 0 Å². The van der Waals surface area contributed by atoms with E-state index in [-0.39, 0.29) is 30.9 Å². The number of esters is 1. The summed E-state index contributed by atoms with van der Waals surface area (Å²) < 4.78 is 4.70. The first kappa shape index (κ1) is 19.5. The van der Waals surface area contributed by atoms with Gasteiger partial charge in [0.05, 0.1) is 13.2 Å². The number of methoxy groups -OCH3 is 1. The molecular formula is C17H29N3O5. The van der Waals surface area contributed by atoms with E-state index in [9.17, 15) is 19.5 Å². The fourth-order valence-corrected chi connectivity index (χ4v) is 3.57. The van der Waals surface area contributed by atoms with Crippen LogP contribution in [0.25, 0.3) is 0 Å². The third-order valence-electron chi connectivity index (χ3n) is 4.93. The van der Waals surface area contributed by atoms with E-state index in [0.29, 0.717) is 19.4 Å². The van der Waals surface area contributed by atoms with Gasteiger partial charge in [-0.05, 0) is 25.7 Å². The van der Waals surface area contributed by atoms with Gasteiger partial charge in [0.25, 0.3) is 0 Å². The summed E-state index contributed by atoms with van der Waals surface area (Å²) in [5.41, 5.74) is 0. The van der Waals surface area contributed by atoms with Crippen LogP contribution in [0.4, 0.5) is 4.79 Å². The number of hydrogen-bond donors (Lipinski definition) is 3. The van der Waals surface area contributed by atoms with Crippen molar-refractivity contribution in [3.05, 3.63) is 0 Å². The summed E-state index contributed by atoms with van der Waals surface area (Å²) in [7, 11) is 1.24. The summed E-state index contributed by atoms with van der Waals surface area (Å²) in [6.07, 6.45) is 5.76. The Kier molecular flexibility index (Phi) is 7.49. The van der Waals surface area contributed by atoms with Gasteiger partial charge in [-0.1, -0.05) is 19.3 Å². The van der Waals surface area contributed by atoms with Crippen molar-refractivity contribution >= 4 is 17.9 Å². The maximum absolute atomic E-state index is 12.4. The maximum Gasteiger partial charge on any atom is 0.331 e. The van der Waals surface area contributed by atoms with Crippen molar-refractivity contribution in [1.29, 1.82) is 0 Å². The molecule has 3 N–H and O–H groups in total. The summed E-state index contributed by atoms with van der Waals surface area (Å²) in [5, 5.41) is 15.6. The Morgan fingerprint density at radius 1 is 1.12 bits per heavy atom. The predicted octanol–water partition coefficient (Wildman–Crippen LogP) is 0.533. The zero-order valence-electron chi connectivity index (χ0n) is 14.8. The molecule has 0 aromatic carbocycles. The Labute approximate surface area is 148 Å². The van der Waals surface area contributed by atoms with Crippen LogP contribution in [0, 0.1) is 0 Å². The highest BCUT2D eigenvalue weighted by Gasteiger charge is 2.38. The van der Waals surface area contributed by atoms with Crippen LogP contribution in [0.15, 0.2) is 0 Å². The number of aliphatic hydroxyl groups is 1. The molecule has 1 aliphatic carbocycles. The van der Waals surface area contributed by atoms with E-state index < -0.39 is 18.1 Å². The second-order valence-electron chi connectivity index (χ2n) is 6.75. The van der Waals surface area contributed by atoms with Gasteiger partial charge >= 0.3 is 12.0 Å². The lowest BCUT2D eigenvalue weighted by Crippen LogP contribution is -2.55. The summed E-state index contributed by atoms with van der Waals surface area (Å²) in [6.45, 7) is 0.599. The molecule has 2 unspecified atom stereocenters. The van der Waals surface area contributed by atoms with Crippen molar-refractivity contribution in [1.82, 2.24) is 15.5 Å². The fraction of sp³-hybridized carbons (Fsp3) is 0.824. The number of likely N-dealkylation sites (tertiary alicyclic amines) is 1. The Hall–Kier alpha value is -1.83. The van der Waals surface area contributed by atoms with Crippen LogP contribution in [0.3, 0.4) is 0 Å². The van der Waals surface area contributed by atoms with E-state index in [0.717, 1.165) is 25.7 Å². The van der Waals surface area contributed by atoms with E-state index in [1.807, 2.05) is 0 Å². The molecule has 0 radical (unpaired) electrons. The molecule has 1 saturated heterocycles. The highest BCUT2D eigenvalue weighted by atomic mass is 16.5. The highest BCUT2D eigenvalue weighted by molar-refractivity contribution is 5.85. The number of amides is 3. The molecule has 2 fully saturated rings. The van der Waals surface area contributed by atoms with E-state index in [2.05, 4.69) is 10.6 Å². The van der Waals surface area contributed by atoms with Crippen LogP contribution in [0.2, 0.25) is 0 Å². The van der Waals surface area contributed by atoms with Crippen molar-refractivity contribution in [2.24, 2.45) is 0 Å². The quantitative estimate of drug-likeness (QED) is 0.624. The van der Waals surface area contributed by atoms with Gasteiger partial charge < -0.3 is 25.4 Å². The number of hydrogen-bond acceptors (Lipinski definition) is 5. The number of nitrogens with one attached hydrogen (secondary N) is 2. The Balaban J connectivity index is 1.76. The van der Waals surface area contributed by atoms with Crippen LogP contribution < -0.4 is 10.6 Å². The minimum absolute atomic E-state index is 0.0816. The lowest BCUT2D eigenvalue weighted by Gasteiger charge is -2.37. The molecule has 8 nitrogen and oxygen atoms in total. The van der Waals surface area contributed by atoms with Crippen LogP contribution in [-0.4, -0.2) is 66.3 Å². The molecule has 0 spiro atoms. The zero-order valence-corrected chi connectivity index (χ0v) is 14.8. The summed E-state index contributed by atoms with van der Waals surface area (Å²) in [5.74, 6) is -0.879. The Bertz CT molecular complexity index is 479. The van der Waals surface area contributed by atoms with E-state index in [1.165, 1.54) is 18.4 Å². The third-order valence-corrected chi connectivity index (χ3v) is 4.93. The molecule has 3 amide bonds. The summed E-state index contributed by atoms with van der Waals surface area (Å²) in [6, 6.07) is -1.00. The number of carbonyl (C=O) groups is 3. The van der Waals surface area contributed by atoms with Crippen molar-refractivity contribution in [3.63, 3.8) is 0 Å². The van der Waals surface area contributed by atoms with Gasteiger partial charge in [0.2, 0.25) is 5.91 Å². The smallest absolute Gasteiger partial charge is 0.331 e. The standard InChI is InChI=1S/C17H29N3O5/c1-25-16(23)15-13(21)8-5-11-20(15)14(22)9-10-18-17(24)19-12-6-3-2-4-7-12/h12-13,15,21H,2-11H2,1H3,(H2,18,19,24). The first-order valence-corrected chi connectivity index (χ1v) is 9.12. The molecule has 8 heteroatoms. The number of urea groups is 1. The molecule has 1 aliphatic heterocycles. The average Bonchev–Trinajstić information content (AvgIpc) is 2.61. The van der Waals surface area contributed by atoms with E-state index in [1.54, 1.807) is 0 Å². The largest absolute Gasteiger partial charge is 0.467 e. The molecule has 1 saturated carbocycles. The first-order chi connectivity index (χ1) is 12.0. The molecule has 2 atom stereocenters. The van der Waals surface area contributed by atoms with Gasteiger partial charge in [-0.25, -0.2) is 9.59 Å². The monoisotopic (exact) mass is 355 g/mol. The van der Waals surface area contributed by atoms with E-state index in [4.69, 9.17) is 4.74 Å². The Morgan fingerprint density at radius 2 is 1.84 bits per heavy atom. The van der Waals surface area contributed by atoms with Crippen LogP contribution in [0.1, 0.15) is 51.4 Å². The highest BCUT2D eigenvalue weighted by Crippen LogP contribution is 2.20. The van der Waals surface area contributed by atoms with Gasteiger partial charge in [-0.3, -0.25) is 4.79 Å². The SMILES string of the molecule is COC(=O)C1C(O)CCCN1C(=O)CCNC(=O)NC1CCCCC1. The number of aliphatic hydroxyl groups excluding tert-OH is 1. The minimum Gasteiger partial charge on any atom is -0.467 e. The summed E-state index contributed by atoms with van der Waals surface area (Å²) >= 11 is 0. The zero-order chi connectivity index (χ0) is 18.2. The molecule has 1 heterocycles. The van der Waals surface area contributed by atoms with Crippen molar-refractivity contribution in [2.45, 2.75) is 69.6 Å². The molecule has 0 aromatic heterocycles. The molecule has 142 valence electrons. The van der Waals surface area contributed by atoms with Crippen LogP contribution in [-0.2, 0) is 14.3 Å². The van der Waals surface area contributed by atoms with Gasteiger partial charge in [0, 0.05) is 25.6 Å². The van der Waals surface area contributed by atoms with Gasteiger partial charge in [-0.2, -0.15) is 0 Å². The first-order valence-electron chi connectivity index (χ1n) is 9.12. The third kappa shape index (κ3) is 5.59. The van der Waals surface area contributed by atoms with Crippen molar-refractivity contribution in [2.75, 3.05) is 20.2 Å². The second kappa shape index (κ2) is 9.60. The lowest BCUT2D eigenvalue weighted by molar-refractivity contribution is -0.161. The maximum atomic E-state index is 12.4. The predicted molar refractivity (Wildman–Crippen MR) is 90.8 cm³/mol. The lowest BCUT2D eigenvalue weighted by atomic mass is 9.96. The van der Waals surface area contributed by atoms with Crippen molar-refractivity contribution in [3.8, 4) is 0 Å². The van der Waals surface area contributed by atoms with E-state index >= 15 is 0 Å². The van der Waals surface area contributed by atoms with Crippen molar-refractivity contribution < 1.29 is 24.2 Å². The topological polar surface area (TPSA) is 108 Å². The number of nitrogens with zero attached hydrogens (tertiary/aromatic N) is 1. The summed E-state index contributed by atoms with van der Waals surface area (Å²) in [4.78, 5) is 37.5. The van der Waals surface area contributed by atoms with Gasteiger partial charge in [0.15, 0.2) is 6.04 Å². The number of ether oxygens (including phenoxy) is 1. The van der Waals surface area contributed by atoms with Crippen LogP contribution in [0.5, 0.6) is 0 Å². The Morgan fingerprint density at radius 3 is 2.52 bits per heavy atom. The number of rotatable bonds is 5. The number of carbonyl (C=O) groups excluding carboxylic acids is 3. The minimum atomic E-state index is -0.956. The average molecular weight is 355 g/mol. The molecule has 25 heavy (non-hydrogen) atoms. The van der Waals surface area contributed by atoms with Gasteiger partial charge in [-0.15, -0.1) is 0 Å². The normalized spacial score (nSPS) is 24.5.